The predicted octanol–water partition coefficient (Wildman–Crippen LogP) is 3.95. The van der Waals surface area contributed by atoms with Crippen molar-refractivity contribution in [1.29, 1.82) is 0 Å². The number of carbonyl (C=O) groups is 1. The summed E-state index contributed by atoms with van der Waals surface area (Å²) in [6, 6.07) is 13.2. The van der Waals surface area contributed by atoms with Crippen molar-refractivity contribution in [3.05, 3.63) is 65.7 Å². The third-order valence-corrected chi connectivity index (χ3v) is 4.65. The van der Waals surface area contributed by atoms with Gasteiger partial charge in [0.25, 0.3) is 5.91 Å². The van der Waals surface area contributed by atoms with E-state index in [1.165, 1.54) is 12.1 Å². The summed E-state index contributed by atoms with van der Waals surface area (Å²) >= 11 is 0. The number of oxime groups is 1. The number of hydrogen-bond donors (Lipinski definition) is 1. The highest BCUT2D eigenvalue weighted by molar-refractivity contribution is 6.04. The molecule has 2 heterocycles. The fraction of sp³-hybridized carbons (Fsp3) is 0.238. The number of hydrogen-bond acceptors (Lipinski definition) is 5. The number of methoxy groups -OCH3 is 1. The van der Waals surface area contributed by atoms with Gasteiger partial charge in [-0.1, -0.05) is 29.4 Å². The van der Waals surface area contributed by atoms with E-state index in [1.54, 1.807) is 19.2 Å². The Balaban J connectivity index is 1.43. The normalized spacial score (nSPS) is 17.1. The third-order valence-electron chi connectivity index (χ3n) is 4.65. The number of nitrogens with zero attached hydrogens (tertiary/aromatic N) is 1. The van der Waals surface area contributed by atoms with Crippen LogP contribution in [0.4, 0.5) is 4.39 Å². The van der Waals surface area contributed by atoms with Crippen LogP contribution in [0, 0.1) is 5.82 Å². The van der Waals surface area contributed by atoms with Crippen molar-refractivity contribution in [1.82, 2.24) is 5.32 Å². The number of nitrogens with one attached hydrogen (secondary N) is 1. The lowest BCUT2D eigenvalue weighted by atomic mass is 10.0. The molecule has 1 aliphatic heterocycles. The third kappa shape index (κ3) is 3.43. The van der Waals surface area contributed by atoms with Gasteiger partial charge in [-0.3, -0.25) is 4.79 Å². The lowest BCUT2D eigenvalue weighted by Crippen LogP contribution is -2.36. The van der Waals surface area contributed by atoms with E-state index in [-0.39, 0.29) is 24.2 Å². The van der Waals surface area contributed by atoms with Gasteiger partial charge in [-0.15, -0.1) is 0 Å². The molecule has 0 saturated heterocycles. The topological polar surface area (TPSA) is 73.1 Å². The molecule has 144 valence electrons. The maximum Gasteiger partial charge on any atom is 0.264 e. The lowest BCUT2D eigenvalue weighted by molar-refractivity contribution is -0.131. The summed E-state index contributed by atoms with van der Waals surface area (Å²) in [4.78, 5) is 17.8. The number of halogens is 1. The zero-order valence-electron chi connectivity index (χ0n) is 15.4. The molecule has 1 N–H and O–H groups in total. The highest BCUT2D eigenvalue weighted by Crippen LogP contribution is 2.31. The second kappa shape index (κ2) is 7.34. The van der Waals surface area contributed by atoms with Crippen LogP contribution in [-0.2, 0) is 9.63 Å². The van der Waals surface area contributed by atoms with Gasteiger partial charge in [0.2, 0.25) is 6.10 Å². The SMILES string of the molecule is COc1cccc2cc(C(C)NC(=O)C3CC(c4cccc(F)c4)=NO3)oc12. The average Bonchev–Trinajstić information content (AvgIpc) is 3.35. The van der Waals surface area contributed by atoms with Crippen LogP contribution in [0.15, 0.2) is 58.1 Å². The Kier molecular flexibility index (Phi) is 4.73. The molecule has 2 aromatic carbocycles. The molecule has 3 aromatic rings. The molecule has 1 amide bonds. The molecule has 7 heteroatoms. The van der Waals surface area contributed by atoms with E-state index in [4.69, 9.17) is 14.0 Å². The first-order valence-corrected chi connectivity index (χ1v) is 8.90. The van der Waals surface area contributed by atoms with Crippen molar-refractivity contribution in [2.45, 2.75) is 25.5 Å². The van der Waals surface area contributed by atoms with Crippen molar-refractivity contribution in [2.24, 2.45) is 5.16 Å². The van der Waals surface area contributed by atoms with Crippen LogP contribution in [0.5, 0.6) is 5.75 Å². The first-order chi connectivity index (χ1) is 13.5. The number of benzene rings is 2. The Morgan fingerprint density at radius 1 is 1.29 bits per heavy atom. The standard InChI is InChI=1S/C21H19FN2O4/c1-12(18-10-14-6-4-8-17(26-2)20(14)27-18)23-21(25)19-11-16(24-28-19)13-5-3-7-15(22)9-13/h3-10,12,19H,11H2,1-2H3,(H,23,25). The molecule has 0 fully saturated rings. The zero-order valence-corrected chi connectivity index (χ0v) is 15.4. The molecule has 4 rings (SSSR count). The van der Waals surface area contributed by atoms with Gasteiger partial charge >= 0.3 is 0 Å². The summed E-state index contributed by atoms with van der Waals surface area (Å²) in [6.45, 7) is 1.82. The molecule has 0 spiro atoms. The van der Waals surface area contributed by atoms with Gasteiger partial charge in [-0.05, 0) is 31.2 Å². The highest BCUT2D eigenvalue weighted by atomic mass is 19.1. The van der Waals surface area contributed by atoms with Crippen LogP contribution in [0.25, 0.3) is 11.0 Å². The Morgan fingerprint density at radius 3 is 2.89 bits per heavy atom. The second-order valence-electron chi connectivity index (χ2n) is 6.60. The quantitative estimate of drug-likeness (QED) is 0.725. The number of ether oxygens (including phenoxy) is 1. The minimum absolute atomic E-state index is 0.274. The number of furan rings is 1. The van der Waals surface area contributed by atoms with E-state index in [0.717, 1.165) is 5.39 Å². The van der Waals surface area contributed by atoms with Gasteiger partial charge < -0.3 is 19.3 Å². The highest BCUT2D eigenvalue weighted by Gasteiger charge is 2.30. The average molecular weight is 382 g/mol. The molecular formula is C21H19FN2O4. The monoisotopic (exact) mass is 382 g/mol. The van der Waals surface area contributed by atoms with Crippen LogP contribution < -0.4 is 10.1 Å². The fourth-order valence-corrected chi connectivity index (χ4v) is 3.16. The summed E-state index contributed by atoms with van der Waals surface area (Å²) in [7, 11) is 1.58. The Labute approximate surface area is 160 Å². The number of carbonyl (C=O) groups excluding carboxylic acids is 1. The smallest absolute Gasteiger partial charge is 0.264 e. The summed E-state index contributed by atoms with van der Waals surface area (Å²) in [6.07, 6.45) is -0.490. The van der Waals surface area contributed by atoms with Crippen LogP contribution in [0.2, 0.25) is 0 Å². The van der Waals surface area contributed by atoms with Gasteiger partial charge in [0.1, 0.15) is 11.6 Å². The van der Waals surface area contributed by atoms with Gasteiger partial charge in [0.05, 0.1) is 18.9 Å². The lowest BCUT2D eigenvalue weighted by Gasteiger charge is -2.14. The van der Waals surface area contributed by atoms with Crippen molar-refractivity contribution in [3.63, 3.8) is 0 Å². The number of amides is 1. The molecule has 0 bridgehead atoms. The van der Waals surface area contributed by atoms with Crippen LogP contribution in [-0.4, -0.2) is 24.8 Å². The first kappa shape index (κ1) is 18.0. The van der Waals surface area contributed by atoms with E-state index < -0.39 is 6.10 Å². The van der Waals surface area contributed by atoms with Crippen LogP contribution in [0.1, 0.15) is 30.7 Å². The molecule has 0 aliphatic carbocycles. The van der Waals surface area contributed by atoms with E-state index in [9.17, 15) is 9.18 Å². The number of rotatable bonds is 5. The summed E-state index contributed by atoms with van der Waals surface area (Å²) in [5, 5.41) is 7.70. The Morgan fingerprint density at radius 2 is 2.11 bits per heavy atom. The predicted molar refractivity (Wildman–Crippen MR) is 102 cm³/mol. The van der Waals surface area contributed by atoms with Crippen molar-refractivity contribution in [2.75, 3.05) is 7.11 Å². The summed E-state index contributed by atoms with van der Waals surface area (Å²) in [5.41, 5.74) is 1.78. The second-order valence-corrected chi connectivity index (χ2v) is 6.60. The van der Waals surface area contributed by atoms with E-state index >= 15 is 0 Å². The maximum absolute atomic E-state index is 13.4. The summed E-state index contributed by atoms with van der Waals surface area (Å²) in [5.74, 6) is 0.573. The van der Waals surface area contributed by atoms with Gasteiger partial charge in [-0.2, -0.15) is 0 Å². The molecule has 1 aliphatic rings. The van der Waals surface area contributed by atoms with Gasteiger partial charge in [0.15, 0.2) is 11.3 Å². The molecule has 0 radical (unpaired) electrons. The van der Waals surface area contributed by atoms with Crippen molar-refractivity contribution < 1.29 is 23.2 Å². The molecule has 28 heavy (non-hydrogen) atoms. The molecule has 6 nitrogen and oxygen atoms in total. The maximum atomic E-state index is 13.4. The fourth-order valence-electron chi connectivity index (χ4n) is 3.16. The largest absolute Gasteiger partial charge is 0.493 e. The zero-order chi connectivity index (χ0) is 19.7. The van der Waals surface area contributed by atoms with E-state index in [2.05, 4.69) is 10.5 Å². The minimum atomic E-state index is -0.764. The van der Waals surface area contributed by atoms with E-state index in [1.807, 2.05) is 31.2 Å². The molecule has 2 atom stereocenters. The molecule has 1 aromatic heterocycles. The Hall–Kier alpha value is -3.35. The van der Waals surface area contributed by atoms with Gasteiger partial charge in [0, 0.05) is 17.4 Å². The van der Waals surface area contributed by atoms with Gasteiger partial charge in [-0.25, -0.2) is 4.39 Å². The molecular weight excluding hydrogens is 363 g/mol. The van der Waals surface area contributed by atoms with Crippen molar-refractivity contribution in [3.8, 4) is 5.75 Å². The Bertz CT molecular complexity index is 1060. The first-order valence-electron chi connectivity index (χ1n) is 8.90. The summed E-state index contributed by atoms with van der Waals surface area (Å²) < 4.78 is 24.6. The van der Waals surface area contributed by atoms with Crippen molar-refractivity contribution >= 4 is 22.6 Å². The number of para-hydroxylation sites is 1. The van der Waals surface area contributed by atoms with Crippen LogP contribution in [0.3, 0.4) is 0 Å². The number of fused-ring (bicyclic) bond motifs is 1. The minimum Gasteiger partial charge on any atom is -0.493 e. The van der Waals surface area contributed by atoms with E-state index in [0.29, 0.717) is 28.4 Å². The molecule has 2 unspecified atom stereocenters. The molecule has 0 saturated carbocycles. The van der Waals surface area contributed by atoms with Crippen LogP contribution >= 0.6 is 0 Å².